The van der Waals surface area contributed by atoms with Crippen molar-refractivity contribution in [3.8, 4) is 0 Å². The second kappa shape index (κ2) is 4.64. The highest BCUT2D eigenvalue weighted by Gasteiger charge is 2.34. The number of carbonyl (C=O) groups excluding carboxylic acids is 2. The van der Waals surface area contributed by atoms with E-state index in [9.17, 15) is 9.59 Å². The Hall–Kier alpha value is -1.10. The Bertz CT molecular complexity index is 322. The van der Waals surface area contributed by atoms with Crippen LogP contribution in [0.15, 0.2) is 0 Å². The number of amides is 2. The van der Waals surface area contributed by atoms with Gasteiger partial charge < -0.3 is 15.1 Å². The van der Waals surface area contributed by atoms with Crippen LogP contribution in [-0.2, 0) is 9.59 Å². The Morgan fingerprint density at radius 2 is 1.94 bits per heavy atom. The molecule has 96 valence electrons. The first-order valence-corrected chi connectivity index (χ1v) is 6.22. The second-order valence-corrected chi connectivity index (χ2v) is 5.64. The maximum atomic E-state index is 11.7. The van der Waals surface area contributed by atoms with Crippen molar-refractivity contribution in [2.75, 3.05) is 39.8 Å². The first kappa shape index (κ1) is 12.4. The minimum Gasteiger partial charge on any atom is -0.345 e. The second-order valence-electron chi connectivity index (χ2n) is 5.64. The van der Waals surface area contributed by atoms with E-state index in [1.54, 1.807) is 4.90 Å². The Labute approximate surface area is 102 Å². The standard InChI is InChI=1S/C12H21N3O2/c1-12(3-5-14(2)6-4-12)9-15-8-10(16)13-7-11(15)17/h3-9H2,1-2H3,(H,13,16). The van der Waals surface area contributed by atoms with Gasteiger partial charge in [0.2, 0.25) is 11.8 Å². The lowest BCUT2D eigenvalue weighted by atomic mass is 9.80. The maximum absolute atomic E-state index is 11.7. The molecule has 0 saturated carbocycles. The molecule has 0 atom stereocenters. The van der Waals surface area contributed by atoms with Gasteiger partial charge in [-0.3, -0.25) is 9.59 Å². The summed E-state index contributed by atoms with van der Waals surface area (Å²) in [5.41, 5.74) is 0.166. The van der Waals surface area contributed by atoms with Gasteiger partial charge in [0, 0.05) is 6.54 Å². The monoisotopic (exact) mass is 239 g/mol. The fourth-order valence-corrected chi connectivity index (χ4v) is 2.52. The molecule has 2 aliphatic rings. The molecule has 2 saturated heterocycles. The maximum Gasteiger partial charge on any atom is 0.242 e. The number of carbonyl (C=O) groups is 2. The first-order valence-electron chi connectivity index (χ1n) is 6.22. The number of piperazine rings is 1. The zero-order valence-electron chi connectivity index (χ0n) is 10.7. The number of piperidine rings is 1. The van der Waals surface area contributed by atoms with Crippen LogP contribution in [-0.4, -0.2) is 61.4 Å². The molecule has 0 radical (unpaired) electrons. The zero-order chi connectivity index (χ0) is 12.5. The molecule has 0 aromatic carbocycles. The van der Waals surface area contributed by atoms with Gasteiger partial charge in [0.15, 0.2) is 0 Å². The molecular weight excluding hydrogens is 218 g/mol. The lowest BCUT2D eigenvalue weighted by molar-refractivity contribution is -0.142. The molecule has 0 aromatic rings. The molecule has 17 heavy (non-hydrogen) atoms. The van der Waals surface area contributed by atoms with Gasteiger partial charge >= 0.3 is 0 Å². The number of hydrogen-bond acceptors (Lipinski definition) is 3. The predicted molar refractivity (Wildman–Crippen MR) is 64.4 cm³/mol. The largest absolute Gasteiger partial charge is 0.345 e. The highest BCUT2D eigenvalue weighted by Crippen LogP contribution is 2.31. The molecule has 5 heteroatoms. The van der Waals surface area contributed by atoms with E-state index in [2.05, 4.69) is 24.2 Å². The molecule has 0 aliphatic carbocycles. The molecule has 0 unspecified atom stereocenters. The van der Waals surface area contributed by atoms with Gasteiger partial charge in [-0.25, -0.2) is 0 Å². The molecule has 2 heterocycles. The van der Waals surface area contributed by atoms with E-state index in [0.29, 0.717) is 6.54 Å². The van der Waals surface area contributed by atoms with E-state index in [1.165, 1.54) is 0 Å². The van der Waals surface area contributed by atoms with Crippen molar-refractivity contribution in [3.05, 3.63) is 0 Å². The van der Waals surface area contributed by atoms with E-state index in [0.717, 1.165) is 25.9 Å². The summed E-state index contributed by atoms with van der Waals surface area (Å²) in [7, 11) is 2.12. The van der Waals surface area contributed by atoms with Crippen molar-refractivity contribution in [2.45, 2.75) is 19.8 Å². The Balaban J connectivity index is 1.95. The van der Waals surface area contributed by atoms with Crippen molar-refractivity contribution in [3.63, 3.8) is 0 Å². The van der Waals surface area contributed by atoms with Crippen molar-refractivity contribution in [1.82, 2.24) is 15.1 Å². The number of hydrogen-bond donors (Lipinski definition) is 1. The molecule has 0 spiro atoms. The van der Waals surface area contributed by atoms with Gasteiger partial charge in [0.25, 0.3) is 0 Å². The summed E-state index contributed by atoms with van der Waals surface area (Å²) in [5.74, 6) is 0.00544. The van der Waals surface area contributed by atoms with Gasteiger partial charge in [-0.15, -0.1) is 0 Å². The van der Waals surface area contributed by atoms with Crippen LogP contribution in [0.2, 0.25) is 0 Å². The SMILES string of the molecule is CN1CCC(C)(CN2CC(=O)NCC2=O)CC1. The minimum absolute atomic E-state index is 0.0406. The molecular formula is C12H21N3O2. The number of likely N-dealkylation sites (tertiary alicyclic amines) is 1. The number of rotatable bonds is 2. The smallest absolute Gasteiger partial charge is 0.242 e. The molecule has 0 aromatic heterocycles. The van der Waals surface area contributed by atoms with Crippen LogP contribution < -0.4 is 5.32 Å². The van der Waals surface area contributed by atoms with Crippen LogP contribution in [0.5, 0.6) is 0 Å². The van der Waals surface area contributed by atoms with Crippen LogP contribution in [0.4, 0.5) is 0 Å². The quantitative estimate of drug-likeness (QED) is 0.718. The zero-order valence-corrected chi connectivity index (χ0v) is 10.7. The molecule has 2 fully saturated rings. The highest BCUT2D eigenvalue weighted by atomic mass is 16.2. The average molecular weight is 239 g/mol. The van der Waals surface area contributed by atoms with E-state index in [-0.39, 0.29) is 30.3 Å². The summed E-state index contributed by atoms with van der Waals surface area (Å²) in [6.07, 6.45) is 2.18. The molecule has 1 N–H and O–H groups in total. The van der Waals surface area contributed by atoms with Gasteiger partial charge in [-0.1, -0.05) is 6.92 Å². The Morgan fingerprint density at radius 1 is 1.29 bits per heavy atom. The van der Waals surface area contributed by atoms with Gasteiger partial charge in [-0.05, 0) is 38.4 Å². The molecule has 2 amide bonds. The minimum atomic E-state index is -0.0406. The van der Waals surface area contributed by atoms with E-state index in [4.69, 9.17) is 0 Å². The van der Waals surface area contributed by atoms with E-state index >= 15 is 0 Å². The Morgan fingerprint density at radius 3 is 2.59 bits per heavy atom. The molecule has 0 bridgehead atoms. The topological polar surface area (TPSA) is 52.6 Å². The molecule has 2 rings (SSSR count). The lowest BCUT2D eigenvalue weighted by Crippen LogP contribution is -2.55. The van der Waals surface area contributed by atoms with Crippen LogP contribution in [0.3, 0.4) is 0 Å². The van der Waals surface area contributed by atoms with Gasteiger partial charge in [-0.2, -0.15) is 0 Å². The third kappa shape index (κ3) is 2.97. The fourth-order valence-electron chi connectivity index (χ4n) is 2.52. The summed E-state index contributed by atoms with van der Waals surface area (Å²) >= 11 is 0. The van der Waals surface area contributed by atoms with Crippen LogP contribution in [0.1, 0.15) is 19.8 Å². The van der Waals surface area contributed by atoms with Gasteiger partial charge in [0.1, 0.15) is 0 Å². The molecule has 2 aliphatic heterocycles. The number of nitrogens with zero attached hydrogens (tertiary/aromatic N) is 2. The average Bonchev–Trinajstić information content (AvgIpc) is 2.28. The van der Waals surface area contributed by atoms with E-state index in [1.807, 2.05) is 0 Å². The lowest BCUT2D eigenvalue weighted by Gasteiger charge is -2.41. The summed E-state index contributed by atoms with van der Waals surface area (Å²) in [5, 5.41) is 2.58. The first-order chi connectivity index (χ1) is 7.98. The van der Waals surface area contributed by atoms with Crippen molar-refractivity contribution >= 4 is 11.8 Å². The Kier molecular flexibility index (Phi) is 3.38. The van der Waals surface area contributed by atoms with Crippen LogP contribution >= 0.6 is 0 Å². The van der Waals surface area contributed by atoms with Crippen LogP contribution in [0, 0.1) is 5.41 Å². The third-order valence-electron chi connectivity index (χ3n) is 3.89. The highest BCUT2D eigenvalue weighted by molar-refractivity contribution is 5.92. The molecule has 5 nitrogen and oxygen atoms in total. The third-order valence-corrected chi connectivity index (χ3v) is 3.89. The summed E-state index contributed by atoms with van der Waals surface area (Å²) in [4.78, 5) is 27.0. The van der Waals surface area contributed by atoms with Crippen LogP contribution in [0.25, 0.3) is 0 Å². The predicted octanol–water partition coefficient (Wildman–Crippen LogP) is -0.323. The fraction of sp³-hybridized carbons (Fsp3) is 0.833. The van der Waals surface area contributed by atoms with Gasteiger partial charge in [0.05, 0.1) is 13.1 Å². The summed E-state index contributed by atoms with van der Waals surface area (Å²) < 4.78 is 0. The summed E-state index contributed by atoms with van der Waals surface area (Å²) in [6, 6.07) is 0. The summed E-state index contributed by atoms with van der Waals surface area (Å²) in [6.45, 7) is 5.47. The number of nitrogens with one attached hydrogen (secondary N) is 1. The van der Waals surface area contributed by atoms with Crippen molar-refractivity contribution in [1.29, 1.82) is 0 Å². The van der Waals surface area contributed by atoms with Crippen molar-refractivity contribution < 1.29 is 9.59 Å². The van der Waals surface area contributed by atoms with Crippen molar-refractivity contribution in [2.24, 2.45) is 5.41 Å². The van der Waals surface area contributed by atoms with E-state index < -0.39 is 0 Å². The normalized spacial score (nSPS) is 25.9.